The predicted molar refractivity (Wildman–Crippen MR) is 84.5 cm³/mol. The van der Waals surface area contributed by atoms with Gasteiger partial charge in [-0.1, -0.05) is 19.9 Å². The van der Waals surface area contributed by atoms with Crippen LogP contribution in [0.1, 0.15) is 50.4 Å². The summed E-state index contributed by atoms with van der Waals surface area (Å²) in [5, 5.41) is 16.4. The van der Waals surface area contributed by atoms with Crippen LogP contribution in [0, 0.1) is 5.92 Å². The van der Waals surface area contributed by atoms with Crippen molar-refractivity contribution in [1.29, 1.82) is 0 Å². The van der Waals surface area contributed by atoms with E-state index in [2.05, 4.69) is 10.6 Å². The van der Waals surface area contributed by atoms with E-state index in [4.69, 9.17) is 5.11 Å². The molecule has 0 aliphatic heterocycles. The molecular formula is C15H24N2O3S. The molecule has 0 aliphatic carbocycles. The summed E-state index contributed by atoms with van der Waals surface area (Å²) >= 11 is 1.64. The summed E-state index contributed by atoms with van der Waals surface area (Å²) in [5.41, 5.74) is 0. The molecule has 5 nitrogen and oxygen atoms in total. The van der Waals surface area contributed by atoms with Gasteiger partial charge in [0.25, 0.3) is 0 Å². The number of hydrogen-bond donors (Lipinski definition) is 3. The number of amides is 2. The molecule has 6 heteroatoms. The number of carbonyl (C=O) groups is 2. The van der Waals surface area contributed by atoms with Crippen molar-refractivity contribution in [3.05, 3.63) is 22.4 Å². The maximum Gasteiger partial charge on any atom is 0.315 e. The number of carbonyl (C=O) groups excluding carboxylic acids is 1. The molecule has 0 bridgehead atoms. The largest absolute Gasteiger partial charge is 0.481 e. The monoisotopic (exact) mass is 312 g/mol. The summed E-state index contributed by atoms with van der Waals surface area (Å²) < 4.78 is 0. The summed E-state index contributed by atoms with van der Waals surface area (Å²) in [5.74, 6) is -0.477. The topological polar surface area (TPSA) is 78.4 Å². The first-order chi connectivity index (χ1) is 10.0. The van der Waals surface area contributed by atoms with E-state index in [1.165, 1.54) is 0 Å². The van der Waals surface area contributed by atoms with Crippen LogP contribution in [-0.2, 0) is 4.79 Å². The maximum atomic E-state index is 11.8. The van der Waals surface area contributed by atoms with Crippen LogP contribution in [0.5, 0.6) is 0 Å². The fourth-order valence-electron chi connectivity index (χ4n) is 2.02. The first-order valence-electron chi connectivity index (χ1n) is 7.32. The molecule has 2 unspecified atom stereocenters. The summed E-state index contributed by atoms with van der Waals surface area (Å²) in [6, 6.07) is 3.88. The molecule has 0 saturated heterocycles. The Bertz CT molecular complexity index is 434. The van der Waals surface area contributed by atoms with Gasteiger partial charge < -0.3 is 15.7 Å². The van der Waals surface area contributed by atoms with E-state index >= 15 is 0 Å². The quantitative estimate of drug-likeness (QED) is 0.654. The maximum absolute atomic E-state index is 11.8. The van der Waals surface area contributed by atoms with Gasteiger partial charge in [-0.2, -0.15) is 0 Å². The molecule has 1 aromatic heterocycles. The van der Waals surface area contributed by atoms with E-state index < -0.39 is 5.97 Å². The van der Waals surface area contributed by atoms with Crippen molar-refractivity contribution in [3.8, 4) is 0 Å². The predicted octanol–water partition coefficient (Wildman–Crippen LogP) is 3.39. The summed E-state index contributed by atoms with van der Waals surface area (Å²) in [6.45, 7) is 4.61. The number of thiophene rings is 1. The molecule has 0 radical (unpaired) electrons. The van der Waals surface area contributed by atoms with Crippen molar-refractivity contribution in [1.82, 2.24) is 10.6 Å². The Labute approximate surface area is 129 Å². The van der Waals surface area contributed by atoms with Crippen LogP contribution in [-0.4, -0.2) is 23.7 Å². The third kappa shape index (κ3) is 7.13. The number of carboxylic acid groups (broad SMARTS) is 1. The van der Waals surface area contributed by atoms with E-state index in [0.29, 0.717) is 18.9 Å². The van der Waals surface area contributed by atoms with Gasteiger partial charge in [-0.05, 0) is 36.6 Å². The van der Waals surface area contributed by atoms with E-state index in [9.17, 15) is 9.59 Å². The number of nitrogens with one attached hydrogen (secondary N) is 2. The molecule has 1 aromatic rings. The fourth-order valence-corrected chi connectivity index (χ4v) is 2.88. The third-order valence-corrected chi connectivity index (χ3v) is 4.36. The van der Waals surface area contributed by atoms with Crippen molar-refractivity contribution in [2.24, 2.45) is 5.92 Å². The zero-order valence-electron chi connectivity index (χ0n) is 12.6. The lowest BCUT2D eigenvalue weighted by Crippen LogP contribution is -2.38. The van der Waals surface area contributed by atoms with Crippen LogP contribution < -0.4 is 10.6 Å². The van der Waals surface area contributed by atoms with E-state index in [1.54, 1.807) is 11.3 Å². The van der Waals surface area contributed by atoms with Gasteiger partial charge in [-0.15, -0.1) is 11.3 Å². The van der Waals surface area contributed by atoms with Gasteiger partial charge in [0.1, 0.15) is 0 Å². The van der Waals surface area contributed by atoms with Crippen molar-refractivity contribution in [3.63, 3.8) is 0 Å². The van der Waals surface area contributed by atoms with Gasteiger partial charge in [-0.3, -0.25) is 4.79 Å². The van der Waals surface area contributed by atoms with E-state index in [-0.39, 0.29) is 18.5 Å². The van der Waals surface area contributed by atoms with Crippen LogP contribution in [0.15, 0.2) is 17.5 Å². The molecule has 0 aromatic carbocycles. The molecule has 1 heterocycles. The Hall–Kier alpha value is -1.56. The minimum atomic E-state index is -0.769. The Morgan fingerprint density at radius 3 is 2.71 bits per heavy atom. The van der Waals surface area contributed by atoms with Crippen LogP contribution in [0.25, 0.3) is 0 Å². The number of hydrogen-bond acceptors (Lipinski definition) is 3. The van der Waals surface area contributed by atoms with E-state index in [0.717, 1.165) is 17.7 Å². The first-order valence-corrected chi connectivity index (χ1v) is 8.20. The summed E-state index contributed by atoms with van der Waals surface area (Å²) in [4.78, 5) is 23.5. The highest BCUT2D eigenvalue weighted by Crippen LogP contribution is 2.21. The second-order valence-electron chi connectivity index (χ2n) is 5.20. The molecule has 0 fully saturated rings. The summed E-state index contributed by atoms with van der Waals surface area (Å²) in [7, 11) is 0. The summed E-state index contributed by atoms with van der Waals surface area (Å²) in [6.07, 6.45) is 2.47. The van der Waals surface area contributed by atoms with Crippen LogP contribution in [0.2, 0.25) is 0 Å². The lowest BCUT2D eigenvalue weighted by atomic mass is 10.0. The Morgan fingerprint density at radius 2 is 2.14 bits per heavy atom. The minimum Gasteiger partial charge on any atom is -0.481 e. The molecular weight excluding hydrogens is 288 g/mol. The second kappa shape index (κ2) is 9.39. The van der Waals surface area contributed by atoms with Crippen LogP contribution >= 0.6 is 11.3 Å². The number of rotatable bonds is 9. The minimum absolute atomic E-state index is 0.0504. The average molecular weight is 312 g/mol. The number of urea groups is 1. The zero-order valence-corrected chi connectivity index (χ0v) is 13.4. The van der Waals surface area contributed by atoms with Crippen LogP contribution in [0.4, 0.5) is 4.79 Å². The zero-order chi connectivity index (χ0) is 15.7. The van der Waals surface area contributed by atoms with Gasteiger partial charge in [-0.25, -0.2) is 4.79 Å². The molecule has 0 saturated carbocycles. The fraction of sp³-hybridized carbons (Fsp3) is 0.600. The van der Waals surface area contributed by atoms with Gasteiger partial charge >= 0.3 is 12.0 Å². The Balaban J connectivity index is 2.23. The molecule has 21 heavy (non-hydrogen) atoms. The number of aliphatic carboxylic acids is 1. The Kier molecular flexibility index (Phi) is 7.82. The highest BCUT2D eigenvalue weighted by molar-refractivity contribution is 7.10. The molecule has 0 aliphatic rings. The third-order valence-electron chi connectivity index (χ3n) is 3.37. The molecule has 2 atom stereocenters. The van der Waals surface area contributed by atoms with Crippen molar-refractivity contribution in [2.75, 3.05) is 6.54 Å². The van der Waals surface area contributed by atoms with E-state index in [1.807, 2.05) is 31.4 Å². The van der Waals surface area contributed by atoms with Crippen molar-refractivity contribution >= 4 is 23.3 Å². The molecule has 3 N–H and O–H groups in total. The lowest BCUT2D eigenvalue weighted by molar-refractivity contribution is -0.137. The molecule has 1 rings (SSSR count). The second-order valence-corrected chi connectivity index (χ2v) is 6.18. The van der Waals surface area contributed by atoms with Crippen LogP contribution in [0.3, 0.4) is 0 Å². The normalized spacial score (nSPS) is 13.4. The SMILES string of the molecule is CCC(NC(=O)NCCC(C)CCC(=O)O)c1cccs1. The molecule has 118 valence electrons. The van der Waals surface area contributed by atoms with Gasteiger partial charge in [0.15, 0.2) is 0 Å². The molecule has 0 spiro atoms. The van der Waals surface area contributed by atoms with Gasteiger partial charge in [0, 0.05) is 17.8 Å². The average Bonchev–Trinajstić information content (AvgIpc) is 2.96. The highest BCUT2D eigenvalue weighted by Gasteiger charge is 2.13. The smallest absolute Gasteiger partial charge is 0.315 e. The Morgan fingerprint density at radius 1 is 1.38 bits per heavy atom. The van der Waals surface area contributed by atoms with Crippen molar-refractivity contribution < 1.29 is 14.7 Å². The van der Waals surface area contributed by atoms with Gasteiger partial charge in [0.05, 0.1) is 6.04 Å². The van der Waals surface area contributed by atoms with Gasteiger partial charge in [0.2, 0.25) is 0 Å². The van der Waals surface area contributed by atoms with Crippen molar-refractivity contribution in [2.45, 2.75) is 45.6 Å². The molecule has 2 amide bonds. The first kappa shape index (κ1) is 17.5. The number of carboxylic acids is 1. The highest BCUT2D eigenvalue weighted by atomic mass is 32.1. The standard InChI is InChI=1S/C15H24N2O3S/c1-3-12(13-5-4-10-21-13)17-15(20)16-9-8-11(2)6-7-14(18)19/h4-5,10-12H,3,6-9H2,1-2H3,(H,18,19)(H2,16,17,20). The lowest BCUT2D eigenvalue weighted by Gasteiger charge is -2.17.